The Morgan fingerprint density at radius 2 is 1.85 bits per heavy atom. The molecule has 0 fully saturated rings. The molecule has 0 heterocycles. The van der Waals surface area contributed by atoms with E-state index in [1.807, 2.05) is 30.5 Å². The standard InChI is InChI=1S/C10H9N3/c11-6-5-9-3-1-2-4-10(9)7-13-8-12/h1-4,13H,5,7H2. The monoisotopic (exact) mass is 171 g/mol. The van der Waals surface area contributed by atoms with E-state index in [9.17, 15) is 0 Å². The number of nitrogens with zero attached hydrogens (tertiary/aromatic N) is 2. The maximum atomic E-state index is 8.53. The van der Waals surface area contributed by atoms with Crippen LogP contribution in [-0.2, 0) is 13.0 Å². The Labute approximate surface area is 77.2 Å². The SMILES string of the molecule is N#CCc1ccccc1CNC#N. The molecule has 0 aliphatic heterocycles. The molecule has 64 valence electrons. The van der Waals surface area contributed by atoms with Gasteiger partial charge in [0, 0.05) is 0 Å². The van der Waals surface area contributed by atoms with E-state index < -0.39 is 0 Å². The average molecular weight is 171 g/mol. The maximum absolute atomic E-state index is 8.53. The molecule has 0 aliphatic rings. The molecule has 0 bridgehead atoms. The van der Waals surface area contributed by atoms with Gasteiger partial charge in [-0.1, -0.05) is 24.3 Å². The summed E-state index contributed by atoms with van der Waals surface area (Å²) in [4.78, 5) is 0. The van der Waals surface area contributed by atoms with Crippen LogP contribution in [0.1, 0.15) is 11.1 Å². The van der Waals surface area contributed by atoms with Gasteiger partial charge in [-0.2, -0.15) is 10.5 Å². The lowest BCUT2D eigenvalue weighted by atomic mass is 10.1. The molecule has 0 saturated heterocycles. The summed E-state index contributed by atoms with van der Waals surface area (Å²) in [6.45, 7) is 0.494. The Balaban J connectivity index is 2.80. The molecule has 0 amide bonds. The van der Waals surface area contributed by atoms with Gasteiger partial charge in [-0.05, 0) is 11.1 Å². The molecule has 0 atom stereocenters. The number of rotatable bonds is 3. The van der Waals surface area contributed by atoms with Crippen molar-refractivity contribution in [1.82, 2.24) is 5.32 Å². The predicted octanol–water partition coefficient (Wildman–Crippen LogP) is 1.32. The Kier molecular flexibility index (Phi) is 3.35. The van der Waals surface area contributed by atoms with E-state index in [2.05, 4.69) is 11.4 Å². The summed E-state index contributed by atoms with van der Waals surface area (Å²) in [6, 6.07) is 9.69. The third-order valence-corrected chi connectivity index (χ3v) is 1.75. The largest absolute Gasteiger partial charge is 0.319 e. The third-order valence-electron chi connectivity index (χ3n) is 1.75. The van der Waals surface area contributed by atoms with Crippen LogP contribution in [0.5, 0.6) is 0 Å². The topological polar surface area (TPSA) is 59.6 Å². The molecule has 0 radical (unpaired) electrons. The minimum Gasteiger partial charge on any atom is -0.319 e. The lowest BCUT2D eigenvalue weighted by Crippen LogP contribution is -2.06. The van der Waals surface area contributed by atoms with Gasteiger partial charge in [0.05, 0.1) is 19.0 Å². The third kappa shape index (κ3) is 2.50. The van der Waals surface area contributed by atoms with Crippen LogP contribution < -0.4 is 5.32 Å². The Morgan fingerprint density at radius 1 is 1.15 bits per heavy atom. The van der Waals surface area contributed by atoms with Crippen LogP contribution in [-0.4, -0.2) is 0 Å². The number of benzene rings is 1. The van der Waals surface area contributed by atoms with E-state index in [0.29, 0.717) is 13.0 Å². The van der Waals surface area contributed by atoms with E-state index in [1.165, 1.54) is 0 Å². The summed E-state index contributed by atoms with van der Waals surface area (Å²) in [7, 11) is 0. The van der Waals surface area contributed by atoms with Crippen molar-refractivity contribution in [3.05, 3.63) is 35.4 Å². The van der Waals surface area contributed by atoms with Gasteiger partial charge < -0.3 is 5.32 Å². The molecule has 3 heteroatoms. The van der Waals surface area contributed by atoms with E-state index >= 15 is 0 Å². The zero-order valence-electron chi connectivity index (χ0n) is 7.12. The van der Waals surface area contributed by atoms with Crippen LogP contribution in [0.4, 0.5) is 0 Å². The highest BCUT2D eigenvalue weighted by Gasteiger charge is 1.99. The van der Waals surface area contributed by atoms with Crippen molar-refractivity contribution in [2.24, 2.45) is 0 Å². The molecular weight excluding hydrogens is 162 g/mol. The first-order chi connectivity index (χ1) is 6.38. The van der Waals surface area contributed by atoms with Crippen LogP contribution in [0.15, 0.2) is 24.3 Å². The number of hydrogen-bond donors (Lipinski definition) is 1. The summed E-state index contributed by atoms with van der Waals surface area (Å²) in [5.41, 5.74) is 1.98. The second kappa shape index (κ2) is 4.79. The van der Waals surface area contributed by atoms with Gasteiger partial charge in [0.15, 0.2) is 6.19 Å². The van der Waals surface area contributed by atoms with Gasteiger partial charge >= 0.3 is 0 Å². The zero-order chi connectivity index (χ0) is 9.52. The normalized spacial score (nSPS) is 8.46. The van der Waals surface area contributed by atoms with Gasteiger partial charge in [-0.15, -0.1) is 0 Å². The van der Waals surface area contributed by atoms with Crippen LogP contribution in [0.2, 0.25) is 0 Å². The lowest BCUT2D eigenvalue weighted by Gasteiger charge is -2.03. The van der Waals surface area contributed by atoms with Crippen molar-refractivity contribution in [2.45, 2.75) is 13.0 Å². The second-order valence-corrected chi connectivity index (χ2v) is 2.57. The first-order valence-corrected chi connectivity index (χ1v) is 3.94. The zero-order valence-corrected chi connectivity index (χ0v) is 7.12. The smallest absolute Gasteiger partial charge is 0.176 e. The Hall–Kier alpha value is -2.00. The van der Waals surface area contributed by atoms with Gasteiger partial charge in [0.1, 0.15) is 0 Å². The van der Waals surface area contributed by atoms with E-state index in [-0.39, 0.29) is 0 Å². The molecule has 0 spiro atoms. The molecule has 1 aromatic carbocycles. The second-order valence-electron chi connectivity index (χ2n) is 2.57. The van der Waals surface area contributed by atoms with Crippen molar-refractivity contribution in [1.29, 1.82) is 10.5 Å². The molecule has 1 N–H and O–H groups in total. The molecular formula is C10H9N3. The summed E-state index contributed by atoms with van der Waals surface area (Å²) in [5, 5.41) is 19.4. The summed E-state index contributed by atoms with van der Waals surface area (Å²) < 4.78 is 0. The van der Waals surface area contributed by atoms with Gasteiger partial charge in [-0.25, -0.2) is 0 Å². The first-order valence-electron chi connectivity index (χ1n) is 3.94. The maximum Gasteiger partial charge on any atom is 0.176 e. The van der Waals surface area contributed by atoms with Crippen molar-refractivity contribution in [2.75, 3.05) is 0 Å². The van der Waals surface area contributed by atoms with Crippen molar-refractivity contribution in [3.63, 3.8) is 0 Å². The molecule has 0 aliphatic carbocycles. The van der Waals surface area contributed by atoms with Gasteiger partial charge in [0.25, 0.3) is 0 Å². The highest BCUT2D eigenvalue weighted by atomic mass is 14.8. The van der Waals surface area contributed by atoms with Crippen LogP contribution in [0, 0.1) is 22.8 Å². The average Bonchev–Trinajstić information content (AvgIpc) is 2.17. The lowest BCUT2D eigenvalue weighted by molar-refractivity contribution is 0.872. The molecule has 0 saturated carbocycles. The predicted molar refractivity (Wildman–Crippen MR) is 48.2 cm³/mol. The number of nitriles is 2. The van der Waals surface area contributed by atoms with Crippen LogP contribution >= 0.6 is 0 Å². The summed E-state index contributed by atoms with van der Waals surface area (Å²) in [6.07, 6.45) is 2.24. The quantitative estimate of drug-likeness (QED) is 0.551. The minimum absolute atomic E-state index is 0.392. The fourth-order valence-corrected chi connectivity index (χ4v) is 1.12. The first kappa shape index (κ1) is 9.09. The van der Waals surface area contributed by atoms with Crippen molar-refractivity contribution >= 4 is 0 Å². The van der Waals surface area contributed by atoms with Gasteiger partial charge in [0.2, 0.25) is 0 Å². The molecule has 3 nitrogen and oxygen atoms in total. The minimum atomic E-state index is 0.392. The summed E-state index contributed by atoms with van der Waals surface area (Å²) in [5.74, 6) is 0. The molecule has 0 aromatic heterocycles. The highest BCUT2D eigenvalue weighted by Crippen LogP contribution is 2.08. The fourth-order valence-electron chi connectivity index (χ4n) is 1.12. The highest BCUT2D eigenvalue weighted by molar-refractivity contribution is 5.29. The van der Waals surface area contributed by atoms with Crippen LogP contribution in [0.25, 0.3) is 0 Å². The Bertz CT molecular complexity index is 357. The summed E-state index contributed by atoms with van der Waals surface area (Å²) >= 11 is 0. The van der Waals surface area contributed by atoms with Crippen LogP contribution in [0.3, 0.4) is 0 Å². The van der Waals surface area contributed by atoms with Gasteiger partial charge in [-0.3, -0.25) is 0 Å². The van der Waals surface area contributed by atoms with E-state index in [1.54, 1.807) is 0 Å². The van der Waals surface area contributed by atoms with Crippen molar-refractivity contribution < 1.29 is 0 Å². The molecule has 0 unspecified atom stereocenters. The van der Waals surface area contributed by atoms with E-state index in [4.69, 9.17) is 10.5 Å². The molecule has 1 aromatic rings. The molecule has 13 heavy (non-hydrogen) atoms. The van der Waals surface area contributed by atoms with E-state index in [0.717, 1.165) is 11.1 Å². The molecule has 1 rings (SSSR count). The van der Waals surface area contributed by atoms with Crippen molar-refractivity contribution in [3.8, 4) is 12.3 Å². The fraction of sp³-hybridized carbons (Fsp3) is 0.200. The number of hydrogen-bond acceptors (Lipinski definition) is 3. The number of nitrogens with one attached hydrogen (secondary N) is 1. The Morgan fingerprint density at radius 3 is 2.46 bits per heavy atom.